The van der Waals surface area contributed by atoms with Gasteiger partial charge in [0.25, 0.3) is 0 Å². The molecule has 3 heterocycles. The van der Waals surface area contributed by atoms with E-state index in [1.54, 1.807) is 6.92 Å². The molecule has 1 aliphatic carbocycles. The molecule has 1 aromatic carbocycles. The molecule has 32 heavy (non-hydrogen) atoms. The van der Waals surface area contributed by atoms with E-state index in [2.05, 4.69) is 20.5 Å². The van der Waals surface area contributed by atoms with Crippen LogP contribution in [0.15, 0.2) is 47.0 Å². The standard InChI is InChI=1S/C24H28N6O2/c1-15-27-28-23(32-15)17-6-4-5-16(13-17)20-14-25-22-12-11-21(29-30(20)22)26-19-9-7-18(8-10-19)24(2,3)31/h4-6,11-14,18-19,31H,7-10H2,1-3H3,(H,26,29). The number of aromatic nitrogens is 5. The van der Waals surface area contributed by atoms with Gasteiger partial charge in [0.2, 0.25) is 11.8 Å². The van der Waals surface area contributed by atoms with Crippen LogP contribution in [0.5, 0.6) is 0 Å². The molecule has 0 unspecified atom stereocenters. The summed E-state index contributed by atoms with van der Waals surface area (Å²) in [6, 6.07) is 12.3. The van der Waals surface area contributed by atoms with Gasteiger partial charge in [-0.1, -0.05) is 12.1 Å². The zero-order valence-electron chi connectivity index (χ0n) is 18.6. The van der Waals surface area contributed by atoms with Gasteiger partial charge in [-0.15, -0.1) is 15.3 Å². The monoisotopic (exact) mass is 432 g/mol. The number of benzene rings is 1. The highest BCUT2D eigenvalue weighted by Crippen LogP contribution is 2.33. The van der Waals surface area contributed by atoms with Gasteiger partial charge >= 0.3 is 0 Å². The van der Waals surface area contributed by atoms with Gasteiger partial charge in [-0.3, -0.25) is 0 Å². The fourth-order valence-electron chi connectivity index (χ4n) is 4.53. The third-order valence-corrected chi connectivity index (χ3v) is 6.37. The molecule has 166 valence electrons. The average Bonchev–Trinajstić information content (AvgIpc) is 3.40. The second kappa shape index (κ2) is 8.02. The second-order valence-electron chi connectivity index (χ2n) is 9.19. The summed E-state index contributed by atoms with van der Waals surface area (Å²) >= 11 is 0. The van der Waals surface area contributed by atoms with Crippen molar-refractivity contribution in [3.05, 3.63) is 48.5 Å². The molecule has 4 aromatic rings. The van der Waals surface area contributed by atoms with Crippen LogP contribution in [-0.2, 0) is 0 Å². The predicted octanol–water partition coefficient (Wildman–Crippen LogP) is 4.50. The summed E-state index contributed by atoms with van der Waals surface area (Å²) in [7, 11) is 0. The minimum absolute atomic E-state index is 0.353. The molecular formula is C24H28N6O2. The summed E-state index contributed by atoms with van der Waals surface area (Å²) in [6.45, 7) is 5.60. The van der Waals surface area contributed by atoms with Crippen LogP contribution in [-0.4, -0.2) is 41.5 Å². The number of hydrogen-bond acceptors (Lipinski definition) is 7. The maximum Gasteiger partial charge on any atom is 0.247 e. The molecule has 1 aliphatic rings. The molecule has 5 rings (SSSR count). The smallest absolute Gasteiger partial charge is 0.247 e. The van der Waals surface area contributed by atoms with Crippen molar-refractivity contribution in [1.82, 2.24) is 24.8 Å². The van der Waals surface area contributed by atoms with Gasteiger partial charge in [0.05, 0.1) is 17.5 Å². The first kappa shape index (κ1) is 20.6. The number of imidazole rings is 1. The van der Waals surface area contributed by atoms with Crippen molar-refractivity contribution in [3.63, 3.8) is 0 Å². The minimum Gasteiger partial charge on any atom is -0.421 e. The molecule has 3 aromatic heterocycles. The number of fused-ring (bicyclic) bond motifs is 1. The van der Waals surface area contributed by atoms with E-state index in [1.807, 2.05) is 61.0 Å². The first-order chi connectivity index (χ1) is 15.4. The third kappa shape index (κ3) is 4.10. The van der Waals surface area contributed by atoms with Crippen LogP contribution in [0.4, 0.5) is 5.82 Å². The molecule has 0 spiro atoms. The number of rotatable bonds is 5. The Morgan fingerprint density at radius 1 is 1.06 bits per heavy atom. The van der Waals surface area contributed by atoms with Gasteiger partial charge in [-0.25, -0.2) is 9.50 Å². The Balaban J connectivity index is 1.38. The fourth-order valence-corrected chi connectivity index (χ4v) is 4.53. The van der Waals surface area contributed by atoms with Gasteiger partial charge in [-0.2, -0.15) is 0 Å². The fraction of sp³-hybridized carbons (Fsp3) is 0.417. The molecule has 8 nitrogen and oxygen atoms in total. The van der Waals surface area contributed by atoms with Crippen molar-refractivity contribution >= 4 is 11.5 Å². The van der Waals surface area contributed by atoms with Crippen LogP contribution in [0.1, 0.15) is 45.4 Å². The number of nitrogens with one attached hydrogen (secondary N) is 1. The van der Waals surface area contributed by atoms with Crippen LogP contribution in [0.2, 0.25) is 0 Å². The van der Waals surface area contributed by atoms with Crippen LogP contribution in [0, 0.1) is 12.8 Å². The molecule has 1 saturated carbocycles. The SMILES string of the molecule is Cc1nnc(-c2cccc(-c3cnc4ccc(NC5CCC(C(C)(C)O)CC5)nn34)c2)o1. The third-order valence-electron chi connectivity index (χ3n) is 6.37. The second-order valence-corrected chi connectivity index (χ2v) is 9.19. The number of aryl methyl sites for hydroxylation is 1. The van der Waals surface area contributed by atoms with Gasteiger partial charge in [0.15, 0.2) is 5.65 Å². The van der Waals surface area contributed by atoms with E-state index in [1.165, 1.54) is 0 Å². The van der Waals surface area contributed by atoms with Gasteiger partial charge in [0, 0.05) is 24.1 Å². The molecule has 0 radical (unpaired) electrons. The van der Waals surface area contributed by atoms with Crippen LogP contribution >= 0.6 is 0 Å². The maximum atomic E-state index is 10.3. The molecule has 0 amide bonds. The first-order valence-corrected chi connectivity index (χ1v) is 11.1. The minimum atomic E-state index is -0.609. The molecular weight excluding hydrogens is 404 g/mol. The highest BCUT2D eigenvalue weighted by atomic mass is 16.4. The molecule has 0 bridgehead atoms. The Morgan fingerprint density at radius 3 is 2.56 bits per heavy atom. The van der Waals surface area contributed by atoms with E-state index in [0.717, 1.165) is 54.0 Å². The van der Waals surface area contributed by atoms with Crippen molar-refractivity contribution in [2.45, 2.75) is 58.1 Å². The van der Waals surface area contributed by atoms with Crippen LogP contribution in [0.25, 0.3) is 28.4 Å². The number of nitrogens with zero attached hydrogens (tertiary/aromatic N) is 5. The lowest BCUT2D eigenvalue weighted by atomic mass is 9.77. The van der Waals surface area contributed by atoms with Crippen molar-refractivity contribution in [2.24, 2.45) is 5.92 Å². The Kier molecular flexibility index (Phi) is 5.17. The molecule has 0 aliphatic heterocycles. The maximum absolute atomic E-state index is 10.3. The largest absolute Gasteiger partial charge is 0.421 e. The molecule has 0 saturated heterocycles. The zero-order valence-corrected chi connectivity index (χ0v) is 18.6. The Labute approximate surface area is 186 Å². The van der Waals surface area contributed by atoms with E-state index >= 15 is 0 Å². The van der Waals surface area contributed by atoms with Gasteiger partial charge in [0.1, 0.15) is 5.82 Å². The quantitative estimate of drug-likeness (QED) is 0.479. The van der Waals surface area contributed by atoms with Crippen molar-refractivity contribution < 1.29 is 9.52 Å². The highest BCUT2D eigenvalue weighted by Gasteiger charge is 2.31. The summed E-state index contributed by atoms with van der Waals surface area (Å²) in [6.07, 6.45) is 5.91. The van der Waals surface area contributed by atoms with Crippen LogP contribution < -0.4 is 5.32 Å². The van der Waals surface area contributed by atoms with Crippen LogP contribution in [0.3, 0.4) is 0 Å². The van der Waals surface area contributed by atoms with E-state index in [9.17, 15) is 5.11 Å². The molecule has 2 N–H and O–H groups in total. The van der Waals surface area contributed by atoms with E-state index in [-0.39, 0.29) is 0 Å². The summed E-state index contributed by atoms with van der Waals surface area (Å²) in [5.74, 6) is 2.21. The zero-order chi connectivity index (χ0) is 22.3. The highest BCUT2D eigenvalue weighted by molar-refractivity contribution is 5.69. The Hall–Kier alpha value is -3.26. The predicted molar refractivity (Wildman–Crippen MR) is 122 cm³/mol. The summed E-state index contributed by atoms with van der Waals surface area (Å²) in [4.78, 5) is 4.52. The van der Waals surface area contributed by atoms with Gasteiger partial charge < -0.3 is 14.8 Å². The normalized spacial score (nSPS) is 19.4. The first-order valence-electron chi connectivity index (χ1n) is 11.1. The van der Waals surface area contributed by atoms with Crippen molar-refractivity contribution in [3.8, 4) is 22.7 Å². The van der Waals surface area contributed by atoms with Gasteiger partial charge in [-0.05, 0) is 69.7 Å². The molecule has 0 atom stereocenters. The number of hydrogen-bond donors (Lipinski definition) is 2. The average molecular weight is 433 g/mol. The number of anilines is 1. The summed E-state index contributed by atoms with van der Waals surface area (Å²) in [5.41, 5.74) is 2.90. The Bertz CT molecular complexity index is 1230. The lowest BCUT2D eigenvalue weighted by Gasteiger charge is -2.36. The molecule has 1 fully saturated rings. The van der Waals surface area contributed by atoms with Crippen molar-refractivity contribution in [1.29, 1.82) is 0 Å². The number of aliphatic hydroxyl groups is 1. The van der Waals surface area contributed by atoms with E-state index < -0.39 is 5.60 Å². The topological polar surface area (TPSA) is 101 Å². The molecule has 8 heteroatoms. The Morgan fingerprint density at radius 2 is 1.84 bits per heavy atom. The summed E-state index contributed by atoms with van der Waals surface area (Å²) in [5, 5.41) is 26.7. The summed E-state index contributed by atoms with van der Waals surface area (Å²) < 4.78 is 7.44. The lowest BCUT2D eigenvalue weighted by Crippen LogP contribution is -2.37. The van der Waals surface area contributed by atoms with Crippen molar-refractivity contribution in [2.75, 3.05) is 5.32 Å². The van der Waals surface area contributed by atoms with E-state index in [0.29, 0.717) is 23.7 Å². The lowest BCUT2D eigenvalue weighted by molar-refractivity contribution is -0.000406. The van der Waals surface area contributed by atoms with E-state index in [4.69, 9.17) is 9.52 Å².